The molecule has 4 nitrogen and oxygen atoms in total. The van der Waals surface area contributed by atoms with Crippen molar-refractivity contribution < 1.29 is 14.3 Å². The lowest BCUT2D eigenvalue weighted by molar-refractivity contribution is 0.0633. The first kappa shape index (κ1) is 14.8. The maximum absolute atomic E-state index is 13.8. The Morgan fingerprint density at radius 1 is 1.35 bits per heavy atom. The van der Waals surface area contributed by atoms with Gasteiger partial charge in [-0.15, -0.1) is 0 Å². The molecule has 0 spiro atoms. The monoisotopic (exact) mass is 280 g/mol. The van der Waals surface area contributed by atoms with E-state index in [0.29, 0.717) is 13.1 Å². The Hall–Kier alpha value is -1.62. The number of benzene rings is 1. The highest BCUT2D eigenvalue weighted by Gasteiger charge is 2.28. The zero-order valence-corrected chi connectivity index (χ0v) is 11.5. The van der Waals surface area contributed by atoms with E-state index in [4.69, 9.17) is 5.73 Å². The molecule has 0 saturated heterocycles. The van der Waals surface area contributed by atoms with Crippen molar-refractivity contribution in [2.45, 2.75) is 38.1 Å². The Bertz CT molecular complexity index is 453. The van der Waals surface area contributed by atoms with Crippen LogP contribution < -0.4 is 5.73 Å². The molecule has 20 heavy (non-hydrogen) atoms. The second kappa shape index (κ2) is 6.70. The van der Waals surface area contributed by atoms with Crippen molar-refractivity contribution in [3.05, 3.63) is 29.6 Å². The highest BCUT2D eigenvalue weighted by molar-refractivity contribution is 5.97. The van der Waals surface area contributed by atoms with Crippen LogP contribution in [0.15, 0.2) is 18.2 Å². The summed E-state index contributed by atoms with van der Waals surface area (Å²) < 4.78 is 13.8. The molecule has 1 fully saturated rings. The number of carbonyl (C=O) groups is 1. The van der Waals surface area contributed by atoms with Crippen LogP contribution in [0.25, 0.3) is 0 Å². The minimum absolute atomic E-state index is 0.0961. The van der Waals surface area contributed by atoms with Crippen LogP contribution in [0.2, 0.25) is 0 Å². The van der Waals surface area contributed by atoms with E-state index in [-0.39, 0.29) is 17.4 Å². The largest absolute Gasteiger partial charge is 0.507 e. The van der Waals surface area contributed by atoms with Crippen molar-refractivity contribution in [1.29, 1.82) is 0 Å². The van der Waals surface area contributed by atoms with Crippen LogP contribution in [0.5, 0.6) is 5.75 Å². The van der Waals surface area contributed by atoms with E-state index in [9.17, 15) is 14.3 Å². The minimum Gasteiger partial charge on any atom is -0.507 e. The number of amides is 1. The number of phenolic OH excluding ortho intramolecular Hbond substituents is 1. The van der Waals surface area contributed by atoms with Crippen LogP contribution in [0.3, 0.4) is 0 Å². The van der Waals surface area contributed by atoms with Crippen molar-refractivity contribution in [2.75, 3.05) is 13.1 Å². The quantitative estimate of drug-likeness (QED) is 0.889. The Morgan fingerprint density at radius 2 is 2.05 bits per heavy atom. The van der Waals surface area contributed by atoms with Gasteiger partial charge in [-0.3, -0.25) is 4.79 Å². The van der Waals surface area contributed by atoms with Crippen molar-refractivity contribution in [2.24, 2.45) is 5.73 Å². The third-order valence-electron chi connectivity index (χ3n) is 3.85. The van der Waals surface area contributed by atoms with E-state index in [0.717, 1.165) is 25.7 Å². The predicted octanol–water partition coefficient (Wildman–Crippen LogP) is 2.26. The number of hydrogen-bond acceptors (Lipinski definition) is 3. The average molecular weight is 280 g/mol. The predicted molar refractivity (Wildman–Crippen MR) is 75.0 cm³/mol. The van der Waals surface area contributed by atoms with Gasteiger partial charge in [0.25, 0.3) is 5.91 Å². The van der Waals surface area contributed by atoms with Crippen molar-refractivity contribution in [3.63, 3.8) is 0 Å². The summed E-state index contributed by atoms with van der Waals surface area (Å²) in [6.45, 7) is 0.717. The van der Waals surface area contributed by atoms with Crippen LogP contribution in [-0.2, 0) is 0 Å². The number of nitrogens with zero attached hydrogens (tertiary/aromatic N) is 1. The van der Waals surface area contributed by atoms with Gasteiger partial charge in [0.05, 0.1) is 0 Å². The summed E-state index contributed by atoms with van der Waals surface area (Å²) in [7, 11) is 0. The molecule has 1 aliphatic carbocycles. The van der Waals surface area contributed by atoms with Gasteiger partial charge in [-0.2, -0.15) is 0 Å². The molecular formula is C15H21FN2O2. The van der Waals surface area contributed by atoms with Crippen molar-refractivity contribution >= 4 is 5.91 Å². The third kappa shape index (κ3) is 3.10. The fourth-order valence-electron chi connectivity index (χ4n) is 2.85. The van der Waals surface area contributed by atoms with Crippen LogP contribution >= 0.6 is 0 Å². The summed E-state index contributed by atoms with van der Waals surface area (Å²) in [4.78, 5) is 14.2. The maximum atomic E-state index is 13.8. The van der Waals surface area contributed by atoms with Crippen LogP contribution in [0, 0.1) is 5.82 Å². The zero-order chi connectivity index (χ0) is 14.5. The summed E-state index contributed by atoms with van der Waals surface area (Å²) in [6.07, 6.45) is 5.15. The summed E-state index contributed by atoms with van der Waals surface area (Å²) in [5.41, 5.74) is 5.33. The van der Waals surface area contributed by atoms with Gasteiger partial charge in [-0.05, 0) is 25.0 Å². The van der Waals surface area contributed by atoms with Gasteiger partial charge in [0.2, 0.25) is 0 Å². The van der Waals surface area contributed by atoms with Gasteiger partial charge < -0.3 is 15.7 Å². The van der Waals surface area contributed by atoms with Crippen LogP contribution in [-0.4, -0.2) is 35.0 Å². The minimum atomic E-state index is -0.687. The number of carbonyl (C=O) groups excluding carboxylic acids is 1. The molecule has 0 aromatic heterocycles. The average Bonchev–Trinajstić information content (AvgIpc) is 2.45. The summed E-state index contributed by atoms with van der Waals surface area (Å²) >= 11 is 0. The first-order valence-electron chi connectivity index (χ1n) is 7.13. The van der Waals surface area contributed by atoms with E-state index in [1.807, 2.05) is 0 Å². The Labute approximate surface area is 118 Å². The molecule has 1 aromatic carbocycles. The van der Waals surface area contributed by atoms with E-state index < -0.39 is 11.7 Å². The smallest absolute Gasteiger partial charge is 0.260 e. The van der Waals surface area contributed by atoms with E-state index in [2.05, 4.69) is 0 Å². The molecule has 2 rings (SSSR count). The number of phenols is 1. The van der Waals surface area contributed by atoms with Gasteiger partial charge in [0.15, 0.2) is 0 Å². The van der Waals surface area contributed by atoms with Crippen molar-refractivity contribution in [1.82, 2.24) is 4.90 Å². The topological polar surface area (TPSA) is 66.6 Å². The summed E-state index contributed by atoms with van der Waals surface area (Å²) in [6, 6.07) is 4.00. The SMILES string of the molecule is NCCN(C(=O)c1c(O)cccc1F)C1CCCCC1. The number of nitrogens with two attached hydrogens (primary N) is 1. The van der Waals surface area contributed by atoms with E-state index >= 15 is 0 Å². The highest BCUT2D eigenvalue weighted by atomic mass is 19.1. The Kier molecular flexibility index (Phi) is 4.95. The van der Waals surface area contributed by atoms with Gasteiger partial charge in [0, 0.05) is 19.1 Å². The molecule has 0 unspecified atom stereocenters. The number of rotatable bonds is 4. The lowest BCUT2D eigenvalue weighted by Gasteiger charge is -2.34. The molecule has 1 aliphatic rings. The third-order valence-corrected chi connectivity index (χ3v) is 3.85. The lowest BCUT2D eigenvalue weighted by atomic mass is 9.93. The molecule has 0 bridgehead atoms. The molecule has 0 radical (unpaired) electrons. The molecule has 1 saturated carbocycles. The number of aromatic hydroxyl groups is 1. The second-order valence-corrected chi connectivity index (χ2v) is 5.21. The van der Waals surface area contributed by atoms with Crippen molar-refractivity contribution in [3.8, 4) is 5.75 Å². The lowest BCUT2D eigenvalue weighted by Crippen LogP contribution is -2.44. The first-order valence-corrected chi connectivity index (χ1v) is 7.13. The molecule has 0 atom stereocenters. The molecule has 0 heterocycles. The highest BCUT2D eigenvalue weighted by Crippen LogP contribution is 2.27. The number of hydrogen-bond donors (Lipinski definition) is 2. The molecule has 110 valence electrons. The van der Waals surface area contributed by atoms with Crippen LogP contribution in [0.4, 0.5) is 4.39 Å². The molecule has 5 heteroatoms. The summed E-state index contributed by atoms with van der Waals surface area (Å²) in [5, 5.41) is 9.76. The molecule has 1 amide bonds. The maximum Gasteiger partial charge on any atom is 0.260 e. The normalized spacial score (nSPS) is 16.1. The molecule has 0 aliphatic heterocycles. The first-order chi connectivity index (χ1) is 9.65. The molecule has 3 N–H and O–H groups in total. The van der Waals surface area contributed by atoms with Crippen LogP contribution in [0.1, 0.15) is 42.5 Å². The van der Waals surface area contributed by atoms with Gasteiger partial charge >= 0.3 is 0 Å². The summed E-state index contributed by atoms with van der Waals surface area (Å²) in [5.74, 6) is -1.46. The second-order valence-electron chi connectivity index (χ2n) is 5.21. The Morgan fingerprint density at radius 3 is 2.65 bits per heavy atom. The standard InChI is InChI=1S/C15H21FN2O2/c16-12-7-4-8-13(19)14(12)15(20)18(10-9-17)11-5-2-1-3-6-11/h4,7-8,11,19H,1-3,5-6,9-10,17H2. The Balaban J connectivity index is 2.26. The molecule has 1 aromatic rings. The fraction of sp³-hybridized carbons (Fsp3) is 0.533. The zero-order valence-electron chi connectivity index (χ0n) is 11.5. The van der Waals surface area contributed by atoms with Gasteiger partial charge in [0.1, 0.15) is 17.1 Å². The van der Waals surface area contributed by atoms with E-state index in [1.165, 1.54) is 24.6 Å². The van der Waals surface area contributed by atoms with E-state index in [1.54, 1.807) is 4.90 Å². The van der Waals surface area contributed by atoms with Gasteiger partial charge in [-0.25, -0.2) is 4.39 Å². The van der Waals surface area contributed by atoms with Gasteiger partial charge in [-0.1, -0.05) is 25.3 Å². The molecular weight excluding hydrogens is 259 g/mol. The fourth-order valence-corrected chi connectivity index (χ4v) is 2.85. The number of halogens is 1.